The number of morpholine rings is 1. The summed E-state index contributed by atoms with van der Waals surface area (Å²) in [6.45, 7) is 9.28. The van der Waals surface area contributed by atoms with Crippen LogP contribution in [0.2, 0.25) is 0 Å². The lowest BCUT2D eigenvalue weighted by atomic mass is 9.84. The third-order valence-corrected chi connectivity index (χ3v) is 7.53. The van der Waals surface area contributed by atoms with Crippen molar-refractivity contribution in [1.29, 1.82) is 0 Å². The van der Waals surface area contributed by atoms with E-state index in [0.717, 1.165) is 44.2 Å². The average molecular weight is 574 g/mol. The van der Waals surface area contributed by atoms with Crippen LogP contribution in [0.1, 0.15) is 50.7 Å². The average Bonchev–Trinajstić information content (AvgIpc) is 2.81. The molecule has 3 fully saturated rings. The van der Waals surface area contributed by atoms with Crippen LogP contribution >= 0.6 is 24.0 Å². The lowest BCUT2D eigenvalue weighted by Gasteiger charge is -2.50. The van der Waals surface area contributed by atoms with Crippen LogP contribution in [0.3, 0.4) is 0 Å². The molecule has 3 aliphatic rings. The van der Waals surface area contributed by atoms with Crippen LogP contribution in [0.25, 0.3) is 0 Å². The molecule has 2 unspecified atom stereocenters. The Hall–Kier alpha value is -0.970. The molecule has 1 aromatic rings. The minimum absolute atomic E-state index is 0. The molecule has 3 heterocycles. The van der Waals surface area contributed by atoms with Crippen LogP contribution in [-0.4, -0.2) is 92.2 Å². The fourth-order valence-electron chi connectivity index (χ4n) is 5.57. The van der Waals surface area contributed by atoms with Gasteiger partial charge in [0.05, 0.1) is 12.6 Å². The number of nitrogens with one attached hydrogen (secondary N) is 1. The molecule has 6 nitrogen and oxygen atoms in total. The van der Waals surface area contributed by atoms with Gasteiger partial charge in [0.15, 0.2) is 5.96 Å². The summed E-state index contributed by atoms with van der Waals surface area (Å²) in [7, 11) is 4.11. The first kappa shape index (κ1) is 26.6. The highest BCUT2D eigenvalue weighted by atomic mass is 127. The summed E-state index contributed by atoms with van der Waals surface area (Å²) in [6.07, 6.45) is 6.38. The van der Waals surface area contributed by atoms with Gasteiger partial charge < -0.3 is 19.9 Å². The molecule has 1 N–H and O–H groups in total. The molecule has 0 aromatic heterocycles. The minimum Gasteiger partial charge on any atom is -0.367 e. The number of benzene rings is 1. The Morgan fingerprint density at radius 1 is 1.09 bits per heavy atom. The second kappa shape index (κ2) is 12.1. The standard InChI is InChI=1S/C25H40FN5O.HI/c1-20-17-30(18-23(32-20)21-7-9-22(26)10-8-21)24(27-2)28-19-25(11-15-29(3)16-12-25)31-13-5-4-6-14-31;/h7-10,20,23H,4-6,11-19H2,1-3H3,(H,27,28);1H. The van der Waals surface area contributed by atoms with Crippen molar-refractivity contribution in [2.45, 2.75) is 56.8 Å². The topological polar surface area (TPSA) is 43.3 Å². The maximum Gasteiger partial charge on any atom is 0.193 e. The van der Waals surface area contributed by atoms with Gasteiger partial charge in [-0.25, -0.2) is 4.39 Å². The number of aliphatic imine (C=N–C) groups is 1. The number of halogens is 2. The first-order valence-corrected chi connectivity index (χ1v) is 12.3. The Morgan fingerprint density at radius 3 is 2.39 bits per heavy atom. The molecule has 4 rings (SSSR count). The van der Waals surface area contributed by atoms with E-state index < -0.39 is 0 Å². The summed E-state index contributed by atoms with van der Waals surface area (Å²) in [5, 5.41) is 3.76. The quantitative estimate of drug-likeness (QED) is 0.338. The zero-order valence-corrected chi connectivity index (χ0v) is 22.8. The van der Waals surface area contributed by atoms with Crippen LogP contribution in [0.15, 0.2) is 29.3 Å². The van der Waals surface area contributed by atoms with E-state index >= 15 is 0 Å². The third kappa shape index (κ3) is 6.58. The molecule has 0 bridgehead atoms. The highest BCUT2D eigenvalue weighted by molar-refractivity contribution is 14.0. The highest BCUT2D eigenvalue weighted by Crippen LogP contribution is 2.31. The van der Waals surface area contributed by atoms with E-state index in [9.17, 15) is 4.39 Å². The number of piperidine rings is 2. The van der Waals surface area contributed by atoms with Crippen molar-refractivity contribution in [2.75, 3.05) is 59.9 Å². The van der Waals surface area contributed by atoms with Gasteiger partial charge in [-0.15, -0.1) is 24.0 Å². The van der Waals surface area contributed by atoms with E-state index in [1.807, 2.05) is 19.2 Å². The number of rotatable bonds is 4. The molecule has 0 amide bonds. The smallest absolute Gasteiger partial charge is 0.193 e. The van der Waals surface area contributed by atoms with E-state index in [-0.39, 0.29) is 47.5 Å². The number of guanidine groups is 1. The number of ether oxygens (including phenoxy) is 1. The fraction of sp³-hybridized carbons (Fsp3) is 0.720. The Morgan fingerprint density at radius 2 is 1.76 bits per heavy atom. The van der Waals surface area contributed by atoms with Crippen molar-refractivity contribution >= 4 is 29.9 Å². The van der Waals surface area contributed by atoms with Crippen molar-refractivity contribution < 1.29 is 9.13 Å². The number of hydrogen-bond acceptors (Lipinski definition) is 4. The third-order valence-electron chi connectivity index (χ3n) is 7.53. The largest absolute Gasteiger partial charge is 0.367 e. The van der Waals surface area contributed by atoms with Crippen molar-refractivity contribution in [3.8, 4) is 0 Å². The minimum atomic E-state index is -0.215. The van der Waals surface area contributed by atoms with Gasteiger partial charge in [0, 0.05) is 25.7 Å². The monoisotopic (exact) mass is 573 g/mol. The zero-order valence-electron chi connectivity index (χ0n) is 20.4. The van der Waals surface area contributed by atoms with Gasteiger partial charge in [-0.2, -0.15) is 0 Å². The van der Waals surface area contributed by atoms with Crippen LogP contribution in [0.5, 0.6) is 0 Å². The number of hydrogen-bond donors (Lipinski definition) is 1. The van der Waals surface area contributed by atoms with E-state index in [4.69, 9.17) is 4.74 Å². The molecular formula is C25H41FIN5O. The molecule has 1 aromatic carbocycles. The Balaban J connectivity index is 0.00000306. The van der Waals surface area contributed by atoms with Gasteiger partial charge in [-0.1, -0.05) is 18.6 Å². The lowest BCUT2D eigenvalue weighted by Crippen LogP contribution is -2.62. The second-order valence-corrected chi connectivity index (χ2v) is 9.87. The predicted octanol–water partition coefficient (Wildman–Crippen LogP) is 3.73. The van der Waals surface area contributed by atoms with Gasteiger partial charge in [0.2, 0.25) is 0 Å². The summed E-state index contributed by atoms with van der Waals surface area (Å²) < 4.78 is 19.6. The Labute approximate surface area is 215 Å². The SMILES string of the molecule is CN=C(NCC1(N2CCCCC2)CCN(C)CC1)N1CC(C)OC(c2ccc(F)cc2)C1.I. The molecule has 2 atom stereocenters. The summed E-state index contributed by atoms with van der Waals surface area (Å²) in [4.78, 5) is 12.2. The molecule has 186 valence electrons. The Bertz CT molecular complexity index is 763. The molecule has 8 heteroatoms. The Kier molecular flexibility index (Phi) is 9.79. The summed E-state index contributed by atoms with van der Waals surface area (Å²) >= 11 is 0. The first-order chi connectivity index (χ1) is 15.5. The number of nitrogens with zero attached hydrogens (tertiary/aromatic N) is 4. The second-order valence-electron chi connectivity index (χ2n) is 9.87. The molecule has 0 radical (unpaired) electrons. The normalized spacial score (nSPS) is 27.2. The maximum atomic E-state index is 13.4. The summed E-state index contributed by atoms with van der Waals surface area (Å²) in [5.41, 5.74) is 1.22. The van der Waals surface area contributed by atoms with Crippen LogP contribution < -0.4 is 5.32 Å². The highest BCUT2D eigenvalue weighted by Gasteiger charge is 2.40. The zero-order chi connectivity index (χ0) is 22.6. The molecule has 33 heavy (non-hydrogen) atoms. The number of likely N-dealkylation sites (tertiary alicyclic amines) is 2. The van der Waals surface area contributed by atoms with Gasteiger partial charge >= 0.3 is 0 Å². The van der Waals surface area contributed by atoms with Crippen molar-refractivity contribution in [2.24, 2.45) is 4.99 Å². The summed E-state index contributed by atoms with van der Waals surface area (Å²) in [5.74, 6) is 0.732. The van der Waals surface area contributed by atoms with E-state index in [1.54, 1.807) is 0 Å². The first-order valence-electron chi connectivity index (χ1n) is 12.3. The molecule has 0 spiro atoms. The van der Waals surface area contributed by atoms with E-state index in [2.05, 4.69) is 39.0 Å². The molecular weight excluding hydrogens is 532 g/mol. The van der Waals surface area contributed by atoms with E-state index in [1.165, 1.54) is 57.3 Å². The predicted molar refractivity (Wildman–Crippen MR) is 143 cm³/mol. The van der Waals surface area contributed by atoms with Crippen molar-refractivity contribution in [3.63, 3.8) is 0 Å². The van der Waals surface area contributed by atoms with Gasteiger partial charge in [-0.3, -0.25) is 9.89 Å². The maximum absolute atomic E-state index is 13.4. The van der Waals surface area contributed by atoms with Gasteiger partial charge in [0.25, 0.3) is 0 Å². The molecule has 3 saturated heterocycles. The molecule has 0 aliphatic carbocycles. The van der Waals surface area contributed by atoms with E-state index in [0.29, 0.717) is 0 Å². The lowest BCUT2D eigenvalue weighted by molar-refractivity contribution is -0.0608. The summed E-state index contributed by atoms with van der Waals surface area (Å²) in [6, 6.07) is 6.68. The van der Waals surface area contributed by atoms with Gasteiger partial charge in [0.1, 0.15) is 11.9 Å². The molecule has 3 aliphatic heterocycles. The van der Waals surface area contributed by atoms with Crippen LogP contribution in [0.4, 0.5) is 4.39 Å². The van der Waals surface area contributed by atoms with Gasteiger partial charge in [-0.05, 0) is 83.5 Å². The molecule has 0 saturated carbocycles. The van der Waals surface area contributed by atoms with Crippen molar-refractivity contribution in [3.05, 3.63) is 35.6 Å². The van der Waals surface area contributed by atoms with Crippen LogP contribution in [-0.2, 0) is 4.74 Å². The van der Waals surface area contributed by atoms with Crippen LogP contribution in [0, 0.1) is 5.82 Å². The fourth-order valence-corrected chi connectivity index (χ4v) is 5.57. The van der Waals surface area contributed by atoms with Crippen molar-refractivity contribution in [1.82, 2.24) is 20.0 Å².